The van der Waals surface area contributed by atoms with E-state index in [1.165, 1.54) is 35.2 Å². The summed E-state index contributed by atoms with van der Waals surface area (Å²) in [6, 6.07) is 13.0. The van der Waals surface area contributed by atoms with Crippen molar-refractivity contribution in [3.63, 3.8) is 0 Å². The molecule has 0 radical (unpaired) electrons. The van der Waals surface area contributed by atoms with Gasteiger partial charge in [0.1, 0.15) is 16.6 Å². The van der Waals surface area contributed by atoms with Crippen molar-refractivity contribution < 1.29 is 18.3 Å². The fourth-order valence-electron chi connectivity index (χ4n) is 2.44. The van der Waals surface area contributed by atoms with Crippen molar-refractivity contribution in [1.29, 1.82) is 0 Å². The zero-order valence-corrected chi connectivity index (χ0v) is 18.7. The zero-order valence-electron chi connectivity index (χ0n) is 16.3. The van der Waals surface area contributed by atoms with E-state index >= 15 is 0 Å². The predicted molar refractivity (Wildman–Crippen MR) is 117 cm³/mol. The first-order valence-corrected chi connectivity index (χ1v) is 11.4. The van der Waals surface area contributed by atoms with Crippen LogP contribution in [-0.2, 0) is 18.9 Å². The molecule has 164 valence electrons. The molecule has 0 saturated heterocycles. The van der Waals surface area contributed by atoms with Crippen LogP contribution < -0.4 is 10.1 Å². The van der Waals surface area contributed by atoms with Crippen LogP contribution in [0.4, 0.5) is 4.39 Å². The minimum Gasteiger partial charge on any atom is -0.482 e. The molecule has 2 heterocycles. The average Bonchev–Trinajstić information content (AvgIpc) is 3.46. The normalized spacial score (nSPS) is 10.8. The van der Waals surface area contributed by atoms with Crippen molar-refractivity contribution in [3.8, 4) is 5.75 Å². The Labute approximate surface area is 195 Å². The second-order valence-electron chi connectivity index (χ2n) is 6.28. The molecular formula is C20H15ClFN5O3S2. The molecule has 0 unspecified atom stereocenters. The van der Waals surface area contributed by atoms with Gasteiger partial charge in [-0.1, -0.05) is 59.0 Å². The molecule has 0 aliphatic heterocycles. The van der Waals surface area contributed by atoms with E-state index in [-0.39, 0.29) is 29.9 Å². The summed E-state index contributed by atoms with van der Waals surface area (Å²) in [5.74, 6) is 0.578. The Morgan fingerprint density at radius 3 is 2.75 bits per heavy atom. The van der Waals surface area contributed by atoms with Gasteiger partial charge in [0.05, 0.1) is 10.8 Å². The van der Waals surface area contributed by atoms with E-state index in [1.807, 2.05) is 12.1 Å². The molecule has 0 fully saturated rings. The van der Waals surface area contributed by atoms with Crippen LogP contribution in [0.15, 0.2) is 58.2 Å². The number of carbonyl (C=O) groups excluding carboxylic acids is 1. The molecule has 2 aromatic carbocycles. The number of carbonyl (C=O) groups is 1. The Morgan fingerprint density at radius 2 is 1.94 bits per heavy atom. The number of hydrogen-bond acceptors (Lipinski definition) is 9. The molecule has 4 rings (SSSR count). The van der Waals surface area contributed by atoms with E-state index in [0.29, 0.717) is 32.6 Å². The van der Waals surface area contributed by atoms with Gasteiger partial charge in [-0.05, 0) is 29.8 Å². The first-order chi connectivity index (χ1) is 15.6. The molecule has 4 aromatic rings. The van der Waals surface area contributed by atoms with Crippen LogP contribution >= 0.6 is 34.7 Å². The summed E-state index contributed by atoms with van der Waals surface area (Å²) >= 11 is 8.49. The highest BCUT2D eigenvalue weighted by atomic mass is 35.5. The highest BCUT2D eigenvalue weighted by Crippen LogP contribution is 2.26. The SMILES string of the molecule is O=C(NCc1ccc(F)cc1)c1nnc(CSc2nnc(COc3ccccc3Cl)o2)s1. The average molecular weight is 492 g/mol. The molecule has 1 amide bonds. The Balaban J connectivity index is 1.24. The lowest BCUT2D eigenvalue weighted by Gasteiger charge is -2.04. The summed E-state index contributed by atoms with van der Waals surface area (Å²) in [5.41, 5.74) is 0.783. The number of rotatable bonds is 9. The monoisotopic (exact) mass is 491 g/mol. The van der Waals surface area contributed by atoms with Gasteiger partial charge in [-0.2, -0.15) is 0 Å². The van der Waals surface area contributed by atoms with Crippen LogP contribution in [-0.4, -0.2) is 26.3 Å². The largest absolute Gasteiger partial charge is 0.482 e. The van der Waals surface area contributed by atoms with Gasteiger partial charge in [0.25, 0.3) is 17.0 Å². The van der Waals surface area contributed by atoms with E-state index < -0.39 is 0 Å². The fraction of sp³-hybridized carbons (Fsp3) is 0.150. The third-order valence-electron chi connectivity index (χ3n) is 3.98. The van der Waals surface area contributed by atoms with Gasteiger partial charge in [-0.25, -0.2) is 4.39 Å². The zero-order chi connectivity index (χ0) is 22.3. The van der Waals surface area contributed by atoms with Crippen molar-refractivity contribution in [2.45, 2.75) is 24.1 Å². The molecule has 12 heteroatoms. The van der Waals surface area contributed by atoms with Crippen molar-refractivity contribution in [2.24, 2.45) is 0 Å². The topological polar surface area (TPSA) is 103 Å². The minimum atomic E-state index is -0.347. The molecule has 0 spiro atoms. The first kappa shape index (κ1) is 22.2. The van der Waals surface area contributed by atoms with Crippen molar-refractivity contribution in [1.82, 2.24) is 25.7 Å². The van der Waals surface area contributed by atoms with E-state index in [2.05, 4.69) is 25.7 Å². The molecule has 0 atom stereocenters. The number of para-hydroxylation sites is 1. The molecule has 0 aliphatic carbocycles. The quantitative estimate of drug-likeness (QED) is 0.341. The number of benzene rings is 2. The number of hydrogen-bond donors (Lipinski definition) is 1. The van der Waals surface area contributed by atoms with E-state index in [0.717, 1.165) is 5.56 Å². The number of amides is 1. The van der Waals surface area contributed by atoms with Crippen LogP contribution in [0.5, 0.6) is 5.75 Å². The molecular weight excluding hydrogens is 477 g/mol. The van der Waals surface area contributed by atoms with Crippen LogP contribution in [0.25, 0.3) is 0 Å². The van der Waals surface area contributed by atoms with Gasteiger partial charge in [-0.3, -0.25) is 4.79 Å². The summed E-state index contributed by atoms with van der Waals surface area (Å²) < 4.78 is 24.1. The van der Waals surface area contributed by atoms with Gasteiger partial charge in [0.2, 0.25) is 5.01 Å². The lowest BCUT2D eigenvalue weighted by Crippen LogP contribution is -2.22. The van der Waals surface area contributed by atoms with Crippen molar-refractivity contribution in [2.75, 3.05) is 0 Å². The number of nitrogens with zero attached hydrogens (tertiary/aromatic N) is 4. The Bertz CT molecular complexity index is 1200. The highest BCUT2D eigenvalue weighted by molar-refractivity contribution is 7.98. The number of nitrogens with one attached hydrogen (secondary N) is 1. The predicted octanol–water partition coefficient (Wildman–Crippen LogP) is 4.51. The minimum absolute atomic E-state index is 0.0917. The summed E-state index contributed by atoms with van der Waals surface area (Å²) in [4.78, 5) is 12.2. The Hall–Kier alpha value is -3.02. The number of halogens is 2. The molecule has 1 N–H and O–H groups in total. The van der Waals surface area contributed by atoms with Crippen LogP contribution in [0.2, 0.25) is 5.02 Å². The Kier molecular flexibility index (Phi) is 7.30. The van der Waals surface area contributed by atoms with Crippen molar-refractivity contribution in [3.05, 3.63) is 80.8 Å². The van der Waals surface area contributed by atoms with Gasteiger partial charge >= 0.3 is 0 Å². The number of ether oxygens (including phenoxy) is 1. The van der Waals surface area contributed by atoms with E-state index in [1.54, 1.807) is 24.3 Å². The van der Waals surface area contributed by atoms with Gasteiger partial charge < -0.3 is 14.5 Å². The summed E-state index contributed by atoms with van der Waals surface area (Å²) in [6.45, 7) is 0.359. The third-order valence-corrected chi connectivity index (χ3v) is 6.23. The maximum absolute atomic E-state index is 12.9. The molecule has 2 aromatic heterocycles. The van der Waals surface area contributed by atoms with E-state index in [4.69, 9.17) is 20.8 Å². The molecule has 0 saturated carbocycles. The van der Waals surface area contributed by atoms with Crippen molar-refractivity contribution >= 4 is 40.6 Å². The lowest BCUT2D eigenvalue weighted by atomic mass is 10.2. The van der Waals surface area contributed by atoms with Crippen LogP contribution in [0, 0.1) is 5.82 Å². The smallest absolute Gasteiger partial charge is 0.282 e. The fourth-order valence-corrected chi connectivity index (χ4v) is 4.16. The molecule has 0 aliphatic rings. The Morgan fingerprint density at radius 1 is 1.12 bits per heavy atom. The summed E-state index contributed by atoms with van der Waals surface area (Å²) in [7, 11) is 0. The summed E-state index contributed by atoms with van der Waals surface area (Å²) in [5, 5.41) is 20.3. The molecule has 0 bridgehead atoms. The molecule has 8 nitrogen and oxygen atoms in total. The van der Waals surface area contributed by atoms with Gasteiger partial charge in [0.15, 0.2) is 6.61 Å². The second-order valence-corrected chi connectivity index (χ2v) is 8.68. The molecule has 32 heavy (non-hydrogen) atoms. The van der Waals surface area contributed by atoms with Gasteiger partial charge in [-0.15, -0.1) is 20.4 Å². The highest BCUT2D eigenvalue weighted by Gasteiger charge is 2.15. The maximum atomic E-state index is 12.9. The lowest BCUT2D eigenvalue weighted by molar-refractivity contribution is 0.0950. The first-order valence-electron chi connectivity index (χ1n) is 9.24. The number of thioether (sulfide) groups is 1. The van der Waals surface area contributed by atoms with Gasteiger partial charge in [0, 0.05) is 6.54 Å². The standard InChI is InChI=1S/C20H15ClFN5O3S2/c21-14-3-1-2-4-15(14)29-10-16-24-27-20(30-16)31-11-17-25-26-19(32-17)18(28)23-9-12-5-7-13(22)8-6-12/h1-8H,9-11H2,(H,23,28). The maximum Gasteiger partial charge on any atom is 0.282 e. The number of aromatic nitrogens is 4. The summed E-state index contributed by atoms with van der Waals surface area (Å²) in [6.07, 6.45) is 0. The third kappa shape index (κ3) is 6.02. The van der Waals surface area contributed by atoms with Crippen LogP contribution in [0.1, 0.15) is 26.3 Å². The second kappa shape index (κ2) is 10.5. The van der Waals surface area contributed by atoms with Crippen LogP contribution in [0.3, 0.4) is 0 Å². The van der Waals surface area contributed by atoms with E-state index in [9.17, 15) is 9.18 Å².